The van der Waals surface area contributed by atoms with Gasteiger partial charge in [0.1, 0.15) is 13.1 Å². The zero-order valence-corrected chi connectivity index (χ0v) is 48.0. The van der Waals surface area contributed by atoms with Crippen molar-refractivity contribution in [2.75, 3.05) is 36.0 Å². The van der Waals surface area contributed by atoms with Gasteiger partial charge in [0.25, 0.3) is 0 Å². The van der Waals surface area contributed by atoms with Crippen LogP contribution in [0.3, 0.4) is 0 Å². The molecule has 4 aliphatic rings. The molecule has 0 saturated heterocycles. The highest BCUT2D eigenvalue weighted by Gasteiger charge is 2.48. The van der Waals surface area contributed by atoms with E-state index in [2.05, 4.69) is 199 Å². The Morgan fingerprint density at radius 2 is 0.736 bits per heavy atom. The van der Waals surface area contributed by atoms with Gasteiger partial charge < -0.3 is 9.80 Å². The van der Waals surface area contributed by atoms with E-state index >= 15 is 0 Å². The van der Waals surface area contributed by atoms with E-state index in [4.69, 9.17) is 0 Å². The van der Waals surface area contributed by atoms with Gasteiger partial charge in [0, 0.05) is 94.9 Å². The Labute approximate surface area is 441 Å². The van der Waals surface area contributed by atoms with Crippen molar-refractivity contribution in [2.45, 2.75) is 233 Å². The molecule has 4 heteroatoms. The topological polar surface area (TPSA) is 12.5 Å². The minimum absolute atomic E-state index is 0.0564. The van der Waals surface area contributed by atoms with Crippen LogP contribution in [0.25, 0.3) is 0 Å². The standard InChI is InChI=1S/C68H100N4/c1-13-17-21-25-33-47-69-57-41-31-29-39-53(57)65(5,6)61(69)43-37-45-63-67(9,10)55-51-56-60(52-59(55)71(63)49-35-27-23-19-15-3)72(50-36-28-24-20-16-4)64(68(56,11)12)46-38-44-62-66(7,8)54-40-30-32-42-58(54)70(62)48-34-26-22-18-14-2/h29-32,37-46,51-52H,13-28,33-36,47-50H2,1-12H3/q+2. The quantitative estimate of drug-likeness (QED) is 0.0531. The highest BCUT2D eigenvalue weighted by molar-refractivity contribution is 6.04. The Morgan fingerprint density at radius 3 is 1.11 bits per heavy atom. The van der Waals surface area contributed by atoms with Gasteiger partial charge >= 0.3 is 0 Å². The number of fused-ring (bicyclic) bond motifs is 4. The zero-order chi connectivity index (χ0) is 51.5. The third-order valence-electron chi connectivity index (χ3n) is 17.5. The second-order valence-electron chi connectivity index (χ2n) is 24.3. The first kappa shape index (κ1) is 55.3. The Hall–Kier alpha value is -4.44. The third-order valence-corrected chi connectivity index (χ3v) is 17.5. The van der Waals surface area contributed by atoms with Crippen molar-refractivity contribution >= 4 is 34.2 Å². The van der Waals surface area contributed by atoms with Gasteiger partial charge in [-0.3, -0.25) is 0 Å². The molecule has 0 unspecified atom stereocenters. The predicted octanol–water partition coefficient (Wildman–Crippen LogP) is 18.8. The van der Waals surface area contributed by atoms with Crippen molar-refractivity contribution in [3.8, 4) is 0 Å². The zero-order valence-electron chi connectivity index (χ0n) is 48.0. The smallest absolute Gasteiger partial charge is 0.209 e. The maximum absolute atomic E-state index is 2.75. The summed E-state index contributed by atoms with van der Waals surface area (Å²) in [5.74, 6) is 0. The van der Waals surface area contributed by atoms with E-state index in [0.29, 0.717) is 0 Å². The van der Waals surface area contributed by atoms with E-state index in [1.165, 1.54) is 196 Å². The molecule has 4 aliphatic heterocycles. The molecule has 3 aromatic carbocycles. The highest BCUT2D eigenvalue weighted by Crippen LogP contribution is 2.56. The summed E-state index contributed by atoms with van der Waals surface area (Å²) in [4.78, 5) is 5.50. The summed E-state index contributed by atoms with van der Waals surface area (Å²) >= 11 is 0. The maximum atomic E-state index is 2.75. The molecule has 3 aromatic rings. The lowest BCUT2D eigenvalue weighted by Crippen LogP contribution is -2.29. The highest BCUT2D eigenvalue weighted by atomic mass is 15.2. The Bertz CT molecular complexity index is 2330. The van der Waals surface area contributed by atoms with E-state index in [1.807, 2.05) is 0 Å². The van der Waals surface area contributed by atoms with E-state index < -0.39 is 0 Å². The minimum Gasteiger partial charge on any atom is -0.344 e. The number of benzene rings is 3. The molecular formula is C68H100N4+2. The molecule has 0 fully saturated rings. The molecule has 0 aliphatic carbocycles. The summed E-state index contributed by atoms with van der Waals surface area (Å²) < 4.78 is 5.30. The molecule has 0 N–H and O–H groups in total. The Morgan fingerprint density at radius 1 is 0.389 bits per heavy atom. The number of nitrogens with zero attached hydrogens (tertiary/aromatic N) is 4. The van der Waals surface area contributed by atoms with Crippen LogP contribution in [0, 0.1) is 0 Å². The van der Waals surface area contributed by atoms with E-state index in [-0.39, 0.29) is 21.7 Å². The number of anilines is 2. The number of allylic oxidation sites excluding steroid dienone is 8. The Balaban J connectivity index is 1.27. The summed E-state index contributed by atoms with van der Waals surface area (Å²) in [6, 6.07) is 23.6. The van der Waals surface area contributed by atoms with E-state index in [1.54, 1.807) is 0 Å². The van der Waals surface area contributed by atoms with Gasteiger partial charge in [0.05, 0.1) is 10.8 Å². The predicted molar refractivity (Wildman–Crippen MR) is 315 cm³/mol. The molecule has 0 aromatic heterocycles. The SMILES string of the molecule is CCCCCCCN1C(=CC=CC2=[N+](CCCCCCC)c3ccccc3C2(C)C)C(C)(C)c2cc3c(cc21)N(CCCCCCC)C(=CC=CC1=[N+](CCCCCCC)c2ccccc2C1(C)C)C3(C)C. The van der Waals surface area contributed by atoms with Crippen LogP contribution in [0.2, 0.25) is 0 Å². The molecule has 0 saturated carbocycles. The molecule has 72 heavy (non-hydrogen) atoms. The fraction of sp³-hybridized carbons (Fsp3) is 0.588. The number of hydrogen-bond acceptors (Lipinski definition) is 2. The van der Waals surface area contributed by atoms with Crippen LogP contribution in [-0.2, 0) is 21.7 Å². The van der Waals surface area contributed by atoms with Gasteiger partial charge in [-0.25, -0.2) is 0 Å². The number of para-hydroxylation sites is 2. The molecule has 0 amide bonds. The third kappa shape index (κ3) is 11.6. The lowest BCUT2D eigenvalue weighted by atomic mass is 9.78. The number of rotatable bonds is 28. The van der Waals surface area contributed by atoms with Crippen LogP contribution in [0.15, 0.2) is 109 Å². The fourth-order valence-electron chi connectivity index (χ4n) is 13.0. The van der Waals surface area contributed by atoms with Crippen LogP contribution in [0.4, 0.5) is 22.7 Å². The van der Waals surface area contributed by atoms with Gasteiger partial charge in [0.2, 0.25) is 11.4 Å². The number of unbranched alkanes of at least 4 members (excludes halogenated alkanes) is 16. The summed E-state index contributed by atoms with van der Waals surface area (Å²) in [5.41, 5.74) is 16.8. The van der Waals surface area contributed by atoms with Crippen molar-refractivity contribution in [2.24, 2.45) is 0 Å². The molecule has 0 radical (unpaired) electrons. The lowest BCUT2D eigenvalue weighted by Gasteiger charge is -2.28. The maximum Gasteiger partial charge on any atom is 0.209 e. The monoisotopic (exact) mass is 973 g/mol. The van der Waals surface area contributed by atoms with Gasteiger partial charge in [0.15, 0.2) is 11.4 Å². The molecule has 390 valence electrons. The largest absolute Gasteiger partial charge is 0.344 e. The molecule has 0 atom stereocenters. The van der Waals surface area contributed by atoms with Crippen LogP contribution < -0.4 is 9.80 Å². The van der Waals surface area contributed by atoms with Gasteiger partial charge in [-0.1, -0.05) is 194 Å². The van der Waals surface area contributed by atoms with Crippen LogP contribution in [-0.4, -0.2) is 46.8 Å². The van der Waals surface area contributed by atoms with Crippen LogP contribution >= 0.6 is 0 Å². The molecular weight excluding hydrogens is 873 g/mol. The normalized spacial score (nSPS) is 19.3. The number of hydrogen-bond donors (Lipinski definition) is 0. The molecule has 0 bridgehead atoms. The average molecular weight is 974 g/mol. The van der Waals surface area contributed by atoms with Gasteiger partial charge in [-0.2, -0.15) is 9.15 Å². The molecule has 7 rings (SSSR count). The van der Waals surface area contributed by atoms with Crippen molar-refractivity contribution in [1.29, 1.82) is 0 Å². The van der Waals surface area contributed by atoms with Crippen molar-refractivity contribution in [3.63, 3.8) is 0 Å². The van der Waals surface area contributed by atoms with E-state index in [9.17, 15) is 0 Å². The Kier molecular flexibility index (Phi) is 19.0. The summed E-state index contributed by atoms with van der Waals surface area (Å²) in [7, 11) is 0. The average Bonchev–Trinajstić information content (AvgIpc) is 3.89. The fourth-order valence-corrected chi connectivity index (χ4v) is 13.0. The lowest BCUT2D eigenvalue weighted by molar-refractivity contribution is -0.438. The van der Waals surface area contributed by atoms with Crippen molar-refractivity contribution in [3.05, 3.63) is 131 Å². The van der Waals surface area contributed by atoms with Gasteiger partial charge in [-0.15, -0.1) is 0 Å². The second-order valence-corrected chi connectivity index (χ2v) is 24.3. The molecule has 4 heterocycles. The van der Waals surface area contributed by atoms with Crippen LogP contribution in [0.1, 0.15) is 234 Å². The van der Waals surface area contributed by atoms with E-state index in [0.717, 1.165) is 26.2 Å². The van der Waals surface area contributed by atoms with Crippen LogP contribution in [0.5, 0.6) is 0 Å². The summed E-state index contributed by atoms with van der Waals surface area (Å²) in [6.45, 7) is 33.3. The first-order chi connectivity index (χ1) is 34.7. The minimum atomic E-state index is -0.150. The first-order valence-corrected chi connectivity index (χ1v) is 29.7. The van der Waals surface area contributed by atoms with Gasteiger partial charge in [-0.05, 0) is 88.8 Å². The second kappa shape index (κ2) is 24.7. The van der Waals surface area contributed by atoms with Crippen molar-refractivity contribution < 1.29 is 9.15 Å². The molecule has 4 nitrogen and oxygen atoms in total. The first-order valence-electron chi connectivity index (χ1n) is 29.7. The van der Waals surface area contributed by atoms with Crippen molar-refractivity contribution in [1.82, 2.24) is 0 Å². The summed E-state index contributed by atoms with van der Waals surface area (Å²) in [6.07, 6.45) is 40.5. The molecule has 0 spiro atoms. The summed E-state index contributed by atoms with van der Waals surface area (Å²) in [5, 5.41) is 0.